The van der Waals surface area contributed by atoms with Crippen molar-refractivity contribution in [2.75, 3.05) is 38.1 Å². The maximum Gasteiger partial charge on any atom is 0.270 e. The summed E-state index contributed by atoms with van der Waals surface area (Å²) in [6.45, 7) is 2.57. The lowest BCUT2D eigenvalue weighted by Crippen LogP contribution is -2.49. The third-order valence-corrected chi connectivity index (χ3v) is 5.88. The third kappa shape index (κ3) is 4.38. The molecule has 0 bridgehead atoms. The van der Waals surface area contributed by atoms with Gasteiger partial charge in [0.15, 0.2) is 0 Å². The Labute approximate surface area is 182 Å². The Morgan fingerprint density at radius 1 is 1.25 bits per heavy atom. The van der Waals surface area contributed by atoms with Gasteiger partial charge >= 0.3 is 0 Å². The highest BCUT2D eigenvalue weighted by molar-refractivity contribution is 5.92. The minimum atomic E-state index is -2.86. The number of halogens is 3. The maximum atomic E-state index is 14.4. The summed E-state index contributed by atoms with van der Waals surface area (Å²) in [5.74, 6) is -0.793. The molecule has 8 nitrogen and oxygen atoms in total. The zero-order valence-electron chi connectivity index (χ0n) is 17.4. The number of amides is 1. The number of rotatable bonds is 5. The number of H-pyrrole nitrogens is 1. The Kier molecular flexibility index (Phi) is 6.26. The number of aromatic nitrogens is 3. The van der Waals surface area contributed by atoms with Crippen molar-refractivity contribution in [3.8, 4) is 0 Å². The van der Waals surface area contributed by atoms with E-state index in [-0.39, 0.29) is 11.7 Å². The normalized spacial score (nSPS) is 19.3. The second-order valence-electron chi connectivity index (χ2n) is 7.72. The van der Waals surface area contributed by atoms with Crippen LogP contribution >= 0.6 is 0 Å². The first-order valence-corrected chi connectivity index (χ1v) is 10.3. The fraction of sp³-hybridized carbons (Fsp3) is 0.429. The van der Waals surface area contributed by atoms with Gasteiger partial charge in [-0.1, -0.05) is 6.08 Å². The van der Waals surface area contributed by atoms with Gasteiger partial charge < -0.3 is 15.2 Å². The number of allylic oxidation sites excluding steroid dienone is 1. The summed E-state index contributed by atoms with van der Waals surface area (Å²) in [5.41, 5.74) is -0.230. The number of hydrogen-bond donors (Lipinski definition) is 2. The van der Waals surface area contributed by atoms with E-state index in [2.05, 4.69) is 25.2 Å². The van der Waals surface area contributed by atoms with Crippen LogP contribution in [0.25, 0.3) is 5.57 Å². The fourth-order valence-electron chi connectivity index (χ4n) is 4.12. The molecule has 1 aliphatic carbocycles. The van der Waals surface area contributed by atoms with Gasteiger partial charge in [-0.3, -0.25) is 14.5 Å². The zero-order valence-corrected chi connectivity index (χ0v) is 17.4. The molecule has 1 fully saturated rings. The monoisotopic (exact) mass is 448 g/mol. The molecule has 1 atom stereocenters. The lowest BCUT2D eigenvalue weighted by atomic mass is 10.2. The van der Waals surface area contributed by atoms with E-state index in [9.17, 15) is 22.8 Å². The van der Waals surface area contributed by atoms with Gasteiger partial charge in [0.25, 0.3) is 17.9 Å². The second-order valence-corrected chi connectivity index (χ2v) is 7.72. The van der Waals surface area contributed by atoms with Crippen LogP contribution in [-0.2, 0) is 0 Å². The molecule has 3 heterocycles. The van der Waals surface area contributed by atoms with Crippen molar-refractivity contribution < 1.29 is 18.0 Å². The number of aromatic amines is 1. The molecule has 2 aliphatic rings. The highest BCUT2D eigenvalue weighted by Crippen LogP contribution is 2.30. The highest BCUT2D eigenvalue weighted by Gasteiger charge is 2.28. The summed E-state index contributed by atoms with van der Waals surface area (Å²) in [7, 11) is 1.46. The first-order chi connectivity index (χ1) is 15.4. The number of carbonyl (C=O) groups excluding carboxylic acids is 1. The molecule has 1 aliphatic heterocycles. The van der Waals surface area contributed by atoms with Crippen molar-refractivity contribution in [2.45, 2.75) is 25.3 Å². The topological polar surface area (TPSA) is 94.2 Å². The van der Waals surface area contributed by atoms with Gasteiger partial charge in [-0.15, -0.1) is 0 Å². The van der Waals surface area contributed by atoms with Gasteiger partial charge in [-0.2, -0.15) is 4.39 Å². The van der Waals surface area contributed by atoms with Crippen molar-refractivity contribution in [1.82, 2.24) is 25.2 Å². The molecule has 0 saturated carbocycles. The first-order valence-electron chi connectivity index (χ1n) is 10.3. The van der Waals surface area contributed by atoms with E-state index in [0.29, 0.717) is 44.1 Å². The summed E-state index contributed by atoms with van der Waals surface area (Å²) >= 11 is 0. The van der Waals surface area contributed by atoms with Crippen molar-refractivity contribution in [1.29, 1.82) is 0 Å². The van der Waals surface area contributed by atoms with E-state index >= 15 is 0 Å². The molecule has 11 heteroatoms. The minimum Gasteiger partial charge on any atom is -0.365 e. The summed E-state index contributed by atoms with van der Waals surface area (Å²) in [4.78, 5) is 37.8. The van der Waals surface area contributed by atoms with Crippen molar-refractivity contribution >= 4 is 17.2 Å². The molecule has 170 valence electrons. The molecule has 0 aromatic carbocycles. The second kappa shape index (κ2) is 9.11. The largest absolute Gasteiger partial charge is 0.365 e. The number of piperazine rings is 1. The molecule has 2 N–H and O–H groups in total. The molecular formula is C21H23F3N6O2. The van der Waals surface area contributed by atoms with Crippen LogP contribution in [-0.4, -0.2) is 65.0 Å². The summed E-state index contributed by atoms with van der Waals surface area (Å²) < 4.78 is 40.0. The van der Waals surface area contributed by atoms with Crippen LogP contribution in [0.15, 0.2) is 29.2 Å². The molecule has 0 spiro atoms. The van der Waals surface area contributed by atoms with E-state index in [4.69, 9.17) is 0 Å². The van der Waals surface area contributed by atoms with Crippen LogP contribution in [0.4, 0.5) is 18.9 Å². The van der Waals surface area contributed by atoms with E-state index in [1.54, 1.807) is 6.07 Å². The zero-order chi connectivity index (χ0) is 22.8. The van der Waals surface area contributed by atoms with Gasteiger partial charge in [0.2, 0.25) is 5.95 Å². The van der Waals surface area contributed by atoms with Crippen LogP contribution in [0.5, 0.6) is 0 Å². The SMILES string of the molecule is CNC(=O)c1ccc(N2CCN(C3C=C(c4ncc(C(F)F)c(=O)[nH]4)CC3)CC2)c(F)n1. The Bertz CT molecular complexity index is 1100. The number of hydrogen-bond acceptors (Lipinski definition) is 6. The molecule has 4 rings (SSSR count). The molecule has 0 radical (unpaired) electrons. The lowest BCUT2D eigenvalue weighted by molar-refractivity contribution is 0.0957. The van der Waals surface area contributed by atoms with Crippen molar-refractivity contribution in [3.05, 3.63) is 57.8 Å². The predicted molar refractivity (Wildman–Crippen MR) is 112 cm³/mol. The molecule has 1 unspecified atom stereocenters. The molecule has 2 aromatic rings. The Balaban J connectivity index is 1.40. The summed E-state index contributed by atoms with van der Waals surface area (Å²) in [5, 5.41) is 2.42. The van der Waals surface area contributed by atoms with E-state index in [0.717, 1.165) is 18.2 Å². The number of nitrogens with one attached hydrogen (secondary N) is 2. The fourth-order valence-corrected chi connectivity index (χ4v) is 4.12. The summed E-state index contributed by atoms with van der Waals surface area (Å²) in [6, 6.07) is 3.20. The van der Waals surface area contributed by atoms with Crippen LogP contribution < -0.4 is 15.8 Å². The van der Waals surface area contributed by atoms with Crippen LogP contribution in [0.1, 0.15) is 41.1 Å². The van der Waals surface area contributed by atoms with E-state index in [1.165, 1.54) is 13.1 Å². The average molecular weight is 448 g/mol. The molecule has 32 heavy (non-hydrogen) atoms. The van der Waals surface area contributed by atoms with Gasteiger partial charge in [0.05, 0.1) is 5.69 Å². The van der Waals surface area contributed by atoms with Crippen molar-refractivity contribution in [2.24, 2.45) is 0 Å². The number of pyridine rings is 1. The quantitative estimate of drug-likeness (QED) is 0.680. The van der Waals surface area contributed by atoms with Gasteiger partial charge in [-0.25, -0.2) is 18.7 Å². The van der Waals surface area contributed by atoms with Crippen molar-refractivity contribution in [3.63, 3.8) is 0 Å². The molecule has 2 aromatic heterocycles. The standard InChI is InChI=1S/C21H23F3N6O2/c1-25-21(32)15-4-5-16(18(24)27-15)30-8-6-29(7-9-30)13-3-2-12(10-13)19-26-11-14(17(22)23)20(31)28-19/h4-5,10-11,13,17H,2-3,6-9H2,1H3,(H,25,32)(H,26,28,31). The number of carbonyl (C=O) groups is 1. The Morgan fingerprint density at radius 3 is 2.62 bits per heavy atom. The first kappa shape index (κ1) is 22.0. The Morgan fingerprint density at radius 2 is 2.00 bits per heavy atom. The van der Waals surface area contributed by atoms with Crippen LogP contribution in [0.3, 0.4) is 0 Å². The van der Waals surface area contributed by atoms with Crippen LogP contribution in [0, 0.1) is 5.95 Å². The average Bonchev–Trinajstić information content (AvgIpc) is 3.28. The predicted octanol–water partition coefficient (Wildman–Crippen LogP) is 1.97. The van der Waals surface area contributed by atoms with E-state index < -0.39 is 29.4 Å². The smallest absolute Gasteiger partial charge is 0.270 e. The van der Waals surface area contributed by atoms with Gasteiger partial charge in [0, 0.05) is 45.5 Å². The molecule has 1 saturated heterocycles. The molecular weight excluding hydrogens is 425 g/mol. The number of nitrogens with zero attached hydrogens (tertiary/aromatic N) is 4. The Hall–Kier alpha value is -3.21. The number of anilines is 1. The highest BCUT2D eigenvalue weighted by atomic mass is 19.3. The van der Waals surface area contributed by atoms with Gasteiger partial charge in [0.1, 0.15) is 17.1 Å². The van der Waals surface area contributed by atoms with Gasteiger partial charge in [-0.05, 0) is 30.5 Å². The minimum absolute atomic E-state index is 0.0317. The third-order valence-electron chi connectivity index (χ3n) is 5.88. The number of alkyl halides is 2. The van der Waals surface area contributed by atoms with Crippen LogP contribution in [0.2, 0.25) is 0 Å². The van der Waals surface area contributed by atoms with E-state index in [1.807, 2.05) is 11.0 Å². The summed E-state index contributed by atoms with van der Waals surface area (Å²) in [6.07, 6.45) is 1.59. The lowest BCUT2D eigenvalue weighted by Gasteiger charge is -2.38. The maximum absolute atomic E-state index is 14.4. The molecule has 1 amide bonds.